The first-order valence-corrected chi connectivity index (χ1v) is 37.3. The number of allylic oxidation sites excluding steroid dienone is 2. The fraction of sp³-hybridized carbons (Fsp3) is 0.683. The molecule has 27 unspecified atom stereocenters. The van der Waals surface area contributed by atoms with E-state index in [1.807, 2.05) is 19.2 Å². The molecule has 11 heteroatoms. The standard InChI is InChI=1S/C82H99NO10/c1-83-67-39-60-51(14-8-16-55(60)42-84)20-26-74(24-5-6-25-74)43-77-29-23-69-76(45-85)44-78-63-37-56-34-52(50-12-3-2-4-13-50)21-27-75(56,78)28-22-59(63)68-33-48-11-7-10-47(30-48)31-49-18-19-54(32-49)58-17-9-15-53-35-66(73(78)92-68)81(76,90)65(38-61(53)58)72(88)82(69,91)80(77,89)41-57-36-62(67)71-64(40-70(87)93-71)79(57,77)46-86/h2-4,7-16,30,40,45,49,52-54,56-59,61-63,65-69,71-73,83-84,86,88-91H,5-6,17-19,21-25,27-29,31-39,41-44,46H2,1H3. The third-order valence-corrected chi connectivity index (χ3v) is 32.9. The number of benzene rings is 3. The highest BCUT2D eigenvalue weighted by atomic mass is 16.5. The van der Waals surface area contributed by atoms with Crippen molar-refractivity contribution >= 4 is 12.3 Å². The Bertz CT molecular complexity index is 3700. The van der Waals surface area contributed by atoms with Crippen LogP contribution in [0.3, 0.4) is 0 Å². The van der Waals surface area contributed by atoms with E-state index in [9.17, 15) is 20.1 Å². The van der Waals surface area contributed by atoms with E-state index in [0.717, 1.165) is 126 Å². The molecule has 3 aliphatic heterocycles. The Hall–Kier alpha value is -4.48. The average molecular weight is 1260 g/mol. The molecule has 7 N–H and O–H groups in total. The molecule has 17 aliphatic rings. The molecule has 11 nitrogen and oxygen atoms in total. The van der Waals surface area contributed by atoms with Crippen molar-refractivity contribution in [1.82, 2.24) is 5.32 Å². The van der Waals surface area contributed by atoms with Crippen molar-refractivity contribution in [3.8, 4) is 11.8 Å². The van der Waals surface area contributed by atoms with Gasteiger partial charge >= 0.3 is 5.97 Å². The lowest BCUT2D eigenvalue weighted by Gasteiger charge is -2.78. The molecule has 3 aromatic rings. The van der Waals surface area contributed by atoms with Gasteiger partial charge in [-0.3, -0.25) is 0 Å². The molecule has 20 rings (SSSR count). The first-order valence-electron chi connectivity index (χ1n) is 37.3. The number of fused-ring (bicyclic) bond motifs is 11. The Kier molecular flexibility index (Phi) is 13.2. The maximum absolute atomic E-state index is 16.5. The van der Waals surface area contributed by atoms with Crippen molar-refractivity contribution in [2.45, 2.75) is 220 Å². The third-order valence-electron chi connectivity index (χ3n) is 32.9. The first-order chi connectivity index (χ1) is 45.1. The minimum Gasteiger partial charge on any atom is -0.454 e. The average Bonchev–Trinajstić information content (AvgIpc) is 1.58. The monoisotopic (exact) mass is 1260 g/mol. The van der Waals surface area contributed by atoms with Gasteiger partial charge in [0.1, 0.15) is 23.6 Å². The van der Waals surface area contributed by atoms with E-state index in [1.54, 1.807) is 6.08 Å². The number of nitrogens with one attached hydrogen (secondary N) is 1. The van der Waals surface area contributed by atoms with Gasteiger partial charge in [0.2, 0.25) is 0 Å². The lowest BCUT2D eigenvalue weighted by Crippen LogP contribution is -2.88. The molecule has 3 heterocycles. The van der Waals surface area contributed by atoms with Gasteiger partial charge in [-0.1, -0.05) is 104 Å². The van der Waals surface area contributed by atoms with Crippen molar-refractivity contribution in [3.63, 3.8) is 0 Å². The molecule has 12 fully saturated rings. The molecular weight excluding hydrogens is 1160 g/mol. The van der Waals surface area contributed by atoms with Gasteiger partial charge < -0.3 is 50.2 Å². The van der Waals surface area contributed by atoms with Crippen molar-refractivity contribution in [2.24, 2.45) is 109 Å². The van der Waals surface area contributed by atoms with Crippen LogP contribution >= 0.6 is 0 Å². The van der Waals surface area contributed by atoms with Crippen LogP contribution in [-0.4, -0.2) is 104 Å². The molecule has 0 amide bonds. The Morgan fingerprint density at radius 2 is 1.56 bits per heavy atom. The maximum atomic E-state index is 16.5. The highest BCUT2D eigenvalue weighted by molar-refractivity contribution is 5.87. The normalized spacial score (nSPS) is 50.9. The van der Waals surface area contributed by atoms with E-state index in [-0.39, 0.29) is 78.9 Å². The van der Waals surface area contributed by atoms with Gasteiger partial charge in [-0.05, 0) is 259 Å². The number of aliphatic hydroxyl groups excluding tert-OH is 3. The maximum Gasteiger partial charge on any atom is 0.331 e. The van der Waals surface area contributed by atoms with E-state index >= 15 is 20.1 Å². The van der Waals surface area contributed by atoms with Crippen LogP contribution in [0, 0.1) is 121 Å². The second-order valence-electron chi connectivity index (χ2n) is 34.9. The molecule has 4 spiro atoms. The second kappa shape index (κ2) is 20.6. The van der Waals surface area contributed by atoms with Crippen molar-refractivity contribution in [3.05, 3.63) is 130 Å². The molecule has 14 aliphatic carbocycles. The lowest BCUT2D eigenvalue weighted by molar-refractivity contribution is -0.407. The van der Waals surface area contributed by atoms with Crippen LogP contribution in [0.2, 0.25) is 0 Å². The molecule has 93 heavy (non-hydrogen) atoms. The third kappa shape index (κ3) is 7.33. The molecule has 0 radical (unpaired) electrons. The van der Waals surface area contributed by atoms with E-state index in [4.69, 9.17) is 9.47 Å². The zero-order valence-electron chi connectivity index (χ0n) is 54.6. The Labute approximate surface area is 549 Å². The van der Waals surface area contributed by atoms with E-state index in [2.05, 4.69) is 90.0 Å². The number of rotatable bonds is 5. The number of likely N-dealkylation sites (N-methyl/N-ethyl adjacent to an activating group) is 1. The predicted octanol–water partition coefficient (Wildman–Crippen LogP) is 10.9. The quantitative estimate of drug-likeness (QED) is 0.0558. The summed E-state index contributed by atoms with van der Waals surface area (Å²) in [5.41, 5.74) is -4.79. The number of carbonyl (C=O) groups excluding carboxylic acids is 2. The number of aldehydes is 1. The topological polar surface area (TPSA) is 186 Å². The highest BCUT2D eigenvalue weighted by Gasteiger charge is 2.92. The number of carbonyl (C=O) groups is 2. The Morgan fingerprint density at radius 3 is 2.37 bits per heavy atom. The Balaban J connectivity index is 0.850. The van der Waals surface area contributed by atoms with Gasteiger partial charge in [-0.2, -0.15) is 0 Å². The first kappa shape index (κ1) is 59.8. The summed E-state index contributed by atoms with van der Waals surface area (Å²) in [7, 11) is 1.94. The largest absolute Gasteiger partial charge is 0.454 e. The van der Waals surface area contributed by atoms with E-state index < -0.39 is 98.4 Å². The number of hydrogen-bond donors (Lipinski definition) is 7. The van der Waals surface area contributed by atoms with Gasteiger partial charge in [0.05, 0.1) is 42.5 Å². The molecule has 492 valence electrons. The van der Waals surface area contributed by atoms with Crippen molar-refractivity contribution < 1.29 is 49.7 Å². The molecule has 1 saturated heterocycles. The van der Waals surface area contributed by atoms with Gasteiger partial charge in [-0.15, -0.1) is 0 Å². The molecule has 3 aromatic carbocycles. The summed E-state index contributed by atoms with van der Waals surface area (Å²) < 4.78 is 15.0. The smallest absolute Gasteiger partial charge is 0.331 e. The van der Waals surface area contributed by atoms with Crippen LogP contribution < -0.4 is 5.32 Å². The Morgan fingerprint density at radius 1 is 0.742 bits per heavy atom. The predicted molar refractivity (Wildman–Crippen MR) is 350 cm³/mol. The molecular formula is C82H99NO10. The minimum atomic E-state index is -2.38. The minimum absolute atomic E-state index is 0.0199. The van der Waals surface area contributed by atoms with E-state index in [0.29, 0.717) is 67.8 Å². The highest BCUT2D eigenvalue weighted by Crippen LogP contribution is 2.87. The summed E-state index contributed by atoms with van der Waals surface area (Å²) in [4.78, 5) is 31.0. The number of esters is 1. The van der Waals surface area contributed by atoms with Crippen LogP contribution in [-0.2, 0) is 44.9 Å². The van der Waals surface area contributed by atoms with Crippen LogP contribution in [0.4, 0.5) is 0 Å². The van der Waals surface area contributed by atoms with E-state index in [1.165, 1.54) is 16.7 Å². The second-order valence-corrected chi connectivity index (χ2v) is 34.9. The molecule has 11 saturated carbocycles. The van der Waals surface area contributed by atoms with Gasteiger partial charge in [-0.25, -0.2) is 4.79 Å². The van der Waals surface area contributed by atoms with Gasteiger partial charge in [0, 0.05) is 63.0 Å². The van der Waals surface area contributed by atoms with Crippen LogP contribution in [0.5, 0.6) is 0 Å². The zero-order chi connectivity index (χ0) is 63.0. The van der Waals surface area contributed by atoms with Crippen LogP contribution in [0.25, 0.3) is 0 Å². The summed E-state index contributed by atoms with van der Waals surface area (Å²) in [6, 6.07) is 26.3. The summed E-state index contributed by atoms with van der Waals surface area (Å²) in [5, 5.41) is 90.3. The SMILES string of the molecule is CNC1Cc2c(cccc2CO)C#CC2(CCCC2)CC23CCC4C5(C=O)CC67C8CC9CC(c%10ccccc%10)CCC96CCC8C6Cc8cccc(c8)CC8CCC(C8)C8CC=CC9CC(C7O6)C5(O)C(CC98)C(O)C4(O)C2(O)CC2CC1C1OC(=O)C=C1C23CO. The number of ether oxygens (including phenoxy) is 2. The summed E-state index contributed by atoms with van der Waals surface area (Å²) >= 11 is 0. The zero-order valence-corrected chi connectivity index (χ0v) is 54.6. The van der Waals surface area contributed by atoms with Crippen LogP contribution in [0.15, 0.2) is 96.6 Å². The summed E-state index contributed by atoms with van der Waals surface area (Å²) in [5.74, 6) is 6.22. The number of aliphatic hydroxyl groups is 6. The van der Waals surface area contributed by atoms with Gasteiger partial charge in [0.15, 0.2) is 0 Å². The lowest BCUT2D eigenvalue weighted by atomic mass is 9.29. The van der Waals surface area contributed by atoms with Crippen molar-refractivity contribution in [2.75, 3.05) is 13.7 Å². The van der Waals surface area contributed by atoms with Gasteiger partial charge in [0.25, 0.3) is 0 Å². The van der Waals surface area contributed by atoms with Crippen molar-refractivity contribution in [1.29, 1.82) is 0 Å². The summed E-state index contributed by atoms with van der Waals surface area (Å²) in [6.07, 6.45) is 23.5. The van der Waals surface area contributed by atoms with Crippen LogP contribution in [0.1, 0.15) is 181 Å². The number of hydrogen-bond acceptors (Lipinski definition) is 11. The molecule has 18 bridgehead atoms. The molecule has 27 atom stereocenters. The fourth-order valence-electron chi connectivity index (χ4n) is 29.8. The fourth-order valence-corrected chi connectivity index (χ4v) is 29.8. The summed E-state index contributed by atoms with van der Waals surface area (Å²) in [6.45, 7) is -0.570. The molecule has 0 aromatic heterocycles.